The van der Waals surface area contributed by atoms with Crippen LogP contribution in [0.5, 0.6) is 0 Å². The molecule has 3 rings (SSSR count). The second-order valence-electron chi connectivity index (χ2n) is 4.79. The minimum Gasteiger partial charge on any atom is -0.394 e. The van der Waals surface area contributed by atoms with E-state index in [1.165, 1.54) is 0 Å². The lowest BCUT2D eigenvalue weighted by Crippen LogP contribution is -2.36. The summed E-state index contributed by atoms with van der Waals surface area (Å²) in [4.78, 5) is 4.74. The lowest BCUT2D eigenvalue weighted by Gasteiger charge is -2.30. The van der Waals surface area contributed by atoms with Crippen molar-refractivity contribution in [3.8, 4) is 0 Å². The van der Waals surface area contributed by atoms with Gasteiger partial charge in [-0.25, -0.2) is 4.68 Å². The van der Waals surface area contributed by atoms with Crippen LogP contribution in [-0.4, -0.2) is 55.2 Å². The fraction of sp³-hybridized carbons (Fsp3) is 0.700. The fourth-order valence-corrected chi connectivity index (χ4v) is 2.53. The number of nitrogens with zero attached hydrogens (tertiary/aromatic N) is 8. The number of rotatable bonds is 3. The summed E-state index contributed by atoms with van der Waals surface area (Å²) in [6.07, 6.45) is 1.70. The summed E-state index contributed by atoms with van der Waals surface area (Å²) in [6.45, 7) is 2.20. The van der Waals surface area contributed by atoms with Crippen molar-refractivity contribution in [2.75, 3.05) is 6.61 Å². The zero-order chi connectivity index (χ0) is 14.1. The molecule has 10 nitrogen and oxygen atoms in total. The van der Waals surface area contributed by atoms with E-state index in [2.05, 4.69) is 25.6 Å². The maximum atomic E-state index is 9.28. The molecule has 1 aromatic heterocycles. The summed E-state index contributed by atoms with van der Waals surface area (Å²) in [5, 5.41) is 24.4. The van der Waals surface area contributed by atoms with Gasteiger partial charge in [0.05, 0.1) is 18.8 Å². The van der Waals surface area contributed by atoms with Gasteiger partial charge in [-0.3, -0.25) is 0 Å². The molecule has 106 valence electrons. The molecule has 2 aliphatic rings. The van der Waals surface area contributed by atoms with Gasteiger partial charge in [0.25, 0.3) is 0 Å². The largest absolute Gasteiger partial charge is 0.394 e. The van der Waals surface area contributed by atoms with Crippen molar-refractivity contribution in [2.24, 2.45) is 5.11 Å². The quantitative estimate of drug-likeness (QED) is 0.474. The number of fused-ring (bicyclic) bond motifs is 1. The molecule has 20 heavy (non-hydrogen) atoms. The van der Waals surface area contributed by atoms with Crippen molar-refractivity contribution in [2.45, 2.75) is 38.4 Å². The van der Waals surface area contributed by atoms with E-state index < -0.39 is 6.10 Å². The molecule has 0 saturated carbocycles. The van der Waals surface area contributed by atoms with Gasteiger partial charge in [-0.05, 0) is 22.9 Å². The van der Waals surface area contributed by atoms with Crippen LogP contribution in [0.25, 0.3) is 16.0 Å². The average molecular weight is 278 g/mol. The first-order valence-corrected chi connectivity index (χ1v) is 6.24. The van der Waals surface area contributed by atoms with E-state index in [0.29, 0.717) is 13.1 Å². The van der Waals surface area contributed by atoms with Crippen LogP contribution in [0, 0.1) is 0 Å². The van der Waals surface area contributed by atoms with Crippen molar-refractivity contribution in [3.05, 3.63) is 22.5 Å². The third-order valence-electron chi connectivity index (χ3n) is 3.50. The Morgan fingerprint density at radius 1 is 1.65 bits per heavy atom. The van der Waals surface area contributed by atoms with E-state index >= 15 is 0 Å². The van der Waals surface area contributed by atoms with Gasteiger partial charge in [0.15, 0.2) is 5.82 Å². The van der Waals surface area contributed by atoms with Crippen LogP contribution in [-0.2, 0) is 11.4 Å². The van der Waals surface area contributed by atoms with Crippen LogP contribution in [0.2, 0.25) is 0 Å². The number of aromatic nitrogens is 4. The fourth-order valence-electron chi connectivity index (χ4n) is 2.53. The number of azide groups is 1. The Balaban J connectivity index is 1.78. The molecule has 1 N–H and O–H groups in total. The summed E-state index contributed by atoms with van der Waals surface area (Å²) >= 11 is 0. The lowest BCUT2D eigenvalue weighted by molar-refractivity contribution is -0.0632. The van der Waals surface area contributed by atoms with Crippen LogP contribution in [0.1, 0.15) is 19.2 Å². The van der Waals surface area contributed by atoms with E-state index in [4.69, 9.17) is 10.3 Å². The summed E-state index contributed by atoms with van der Waals surface area (Å²) in [7, 11) is 0. The van der Waals surface area contributed by atoms with Crippen molar-refractivity contribution >= 4 is 5.57 Å². The van der Waals surface area contributed by atoms with E-state index in [0.717, 1.165) is 11.4 Å². The number of tetrazole rings is 1. The number of allylic oxidation sites excluding steroid dienone is 1. The molecule has 10 heteroatoms. The second kappa shape index (κ2) is 5.08. The molecule has 1 saturated heterocycles. The van der Waals surface area contributed by atoms with E-state index in [-0.39, 0.29) is 18.9 Å². The SMILES string of the molecule is CC1=CN([C@H]2C[C@H](N=[N+]=[N-])[C@@H](CO)O2)Cn2nnnc21. The third-order valence-corrected chi connectivity index (χ3v) is 3.50. The van der Waals surface area contributed by atoms with E-state index in [9.17, 15) is 5.11 Å². The molecule has 3 heterocycles. The third kappa shape index (κ3) is 2.09. The summed E-state index contributed by atoms with van der Waals surface area (Å²) in [5.41, 5.74) is 9.47. The first kappa shape index (κ1) is 12.9. The number of hydrogen-bond acceptors (Lipinski definition) is 7. The maximum absolute atomic E-state index is 9.28. The van der Waals surface area contributed by atoms with Gasteiger partial charge in [-0.2, -0.15) is 0 Å². The van der Waals surface area contributed by atoms with Crippen molar-refractivity contribution in [1.82, 2.24) is 25.1 Å². The van der Waals surface area contributed by atoms with Gasteiger partial charge in [0.1, 0.15) is 12.9 Å². The molecule has 0 unspecified atom stereocenters. The van der Waals surface area contributed by atoms with Gasteiger partial charge >= 0.3 is 0 Å². The predicted octanol–water partition coefficient (Wildman–Crippen LogP) is 0.0932. The van der Waals surface area contributed by atoms with Gasteiger partial charge in [0.2, 0.25) is 0 Å². The average Bonchev–Trinajstić information content (AvgIpc) is 3.05. The molecule has 3 atom stereocenters. The van der Waals surface area contributed by atoms with Crippen LogP contribution < -0.4 is 0 Å². The summed E-state index contributed by atoms with van der Waals surface area (Å²) < 4.78 is 7.41. The Labute approximate surface area is 114 Å². The van der Waals surface area contributed by atoms with Gasteiger partial charge < -0.3 is 14.7 Å². The zero-order valence-electron chi connectivity index (χ0n) is 10.9. The predicted molar refractivity (Wildman–Crippen MR) is 66.6 cm³/mol. The molecule has 0 radical (unpaired) electrons. The molecule has 0 bridgehead atoms. The highest BCUT2D eigenvalue weighted by Crippen LogP contribution is 2.29. The zero-order valence-corrected chi connectivity index (χ0v) is 10.9. The van der Waals surface area contributed by atoms with E-state index in [1.54, 1.807) is 4.68 Å². The number of ether oxygens (including phenoxy) is 1. The molecule has 1 fully saturated rings. The molecule has 0 aliphatic carbocycles. The second-order valence-corrected chi connectivity index (χ2v) is 4.79. The number of aliphatic hydroxyl groups excluding tert-OH is 1. The standard InChI is InChI=1S/C10H14N8O2/c1-6-3-17(5-18-10(6)13-15-16-18)9-2-7(12-14-11)8(4-19)20-9/h3,7-9,19H,2,4-5H2,1H3/t7-,8+,9+/m0/s1. The molecular weight excluding hydrogens is 264 g/mol. The minimum absolute atomic E-state index is 0.174. The Hall–Kier alpha value is -2.16. The van der Waals surface area contributed by atoms with Gasteiger partial charge in [0, 0.05) is 23.1 Å². The molecule has 2 aliphatic heterocycles. The van der Waals surface area contributed by atoms with Crippen molar-refractivity contribution in [1.29, 1.82) is 0 Å². The minimum atomic E-state index is -0.472. The lowest BCUT2D eigenvalue weighted by atomic mass is 10.1. The number of aliphatic hydroxyl groups is 1. The Morgan fingerprint density at radius 2 is 2.50 bits per heavy atom. The van der Waals surface area contributed by atoms with Crippen LogP contribution in [0.3, 0.4) is 0 Å². The molecule has 0 amide bonds. The summed E-state index contributed by atoms with van der Waals surface area (Å²) in [6, 6.07) is -0.362. The molecule has 0 aromatic carbocycles. The highest BCUT2D eigenvalue weighted by atomic mass is 16.5. The van der Waals surface area contributed by atoms with Crippen LogP contribution in [0.15, 0.2) is 11.3 Å². The topological polar surface area (TPSA) is 125 Å². The van der Waals surface area contributed by atoms with Crippen LogP contribution in [0.4, 0.5) is 0 Å². The van der Waals surface area contributed by atoms with Gasteiger partial charge in [-0.1, -0.05) is 5.11 Å². The van der Waals surface area contributed by atoms with Crippen molar-refractivity contribution in [3.63, 3.8) is 0 Å². The highest BCUT2D eigenvalue weighted by molar-refractivity contribution is 5.57. The number of hydrogen-bond donors (Lipinski definition) is 1. The maximum Gasteiger partial charge on any atom is 0.180 e. The van der Waals surface area contributed by atoms with Crippen LogP contribution >= 0.6 is 0 Å². The highest BCUT2D eigenvalue weighted by Gasteiger charge is 2.37. The Morgan fingerprint density at radius 3 is 3.25 bits per heavy atom. The van der Waals surface area contributed by atoms with E-state index in [1.807, 2.05) is 18.0 Å². The van der Waals surface area contributed by atoms with Gasteiger partial charge in [-0.15, -0.1) is 5.10 Å². The normalized spacial score (nSPS) is 28.8. The summed E-state index contributed by atoms with van der Waals surface area (Å²) in [5.74, 6) is 0.726. The molecule has 0 spiro atoms. The molecule has 1 aromatic rings. The Bertz CT molecular complexity index is 578. The first-order chi connectivity index (χ1) is 9.72. The smallest absolute Gasteiger partial charge is 0.180 e. The van der Waals surface area contributed by atoms with Crippen molar-refractivity contribution < 1.29 is 9.84 Å². The first-order valence-electron chi connectivity index (χ1n) is 6.24. The monoisotopic (exact) mass is 278 g/mol. The Kier molecular flexibility index (Phi) is 3.26. The molecular formula is C10H14N8O2.